The Morgan fingerprint density at radius 3 is 2.68 bits per heavy atom. The monoisotopic (exact) mass is 354 g/mol. The molecule has 3 aromatic rings. The highest BCUT2D eigenvalue weighted by Gasteiger charge is 2.56. The Bertz CT molecular complexity index is 1100. The molecule has 1 saturated carbocycles. The topological polar surface area (TPSA) is 83.0 Å². The lowest BCUT2D eigenvalue weighted by Gasteiger charge is -2.09. The Kier molecular flexibility index (Phi) is 3.15. The molecular formula is C15H10F4N4O2. The Morgan fingerprint density at radius 1 is 1.28 bits per heavy atom. The second-order valence-electron chi connectivity index (χ2n) is 5.92. The van der Waals surface area contributed by atoms with Crippen molar-refractivity contribution < 1.29 is 17.6 Å². The molecule has 0 aromatic carbocycles. The fourth-order valence-corrected chi connectivity index (χ4v) is 3.03. The molecule has 130 valence electrons. The number of nitrogens with one attached hydrogen (secondary N) is 2. The number of rotatable bonds is 2. The van der Waals surface area contributed by atoms with Gasteiger partial charge in [-0.2, -0.15) is 18.3 Å². The molecule has 0 aliphatic heterocycles. The normalized spacial score (nSPS) is 20.2. The summed E-state index contributed by atoms with van der Waals surface area (Å²) in [6, 6.07) is 2.37. The Hall–Kier alpha value is -2.91. The van der Waals surface area contributed by atoms with E-state index in [1.807, 2.05) is 4.98 Å². The minimum atomic E-state index is -4.37. The van der Waals surface area contributed by atoms with E-state index < -0.39 is 35.1 Å². The van der Waals surface area contributed by atoms with Crippen molar-refractivity contribution in [2.75, 3.05) is 0 Å². The minimum absolute atomic E-state index is 0.0268. The van der Waals surface area contributed by atoms with E-state index in [0.29, 0.717) is 0 Å². The van der Waals surface area contributed by atoms with Crippen molar-refractivity contribution in [3.63, 3.8) is 0 Å². The number of nitrogens with zero attached hydrogens (tertiary/aromatic N) is 2. The second kappa shape index (κ2) is 5.04. The lowest BCUT2D eigenvalue weighted by atomic mass is 10.1. The Balaban J connectivity index is 1.91. The van der Waals surface area contributed by atoms with Crippen LogP contribution >= 0.6 is 0 Å². The lowest BCUT2D eigenvalue weighted by molar-refractivity contribution is -0.148. The predicted octanol–water partition coefficient (Wildman–Crippen LogP) is 2.18. The van der Waals surface area contributed by atoms with Crippen LogP contribution in [0.1, 0.15) is 17.9 Å². The van der Waals surface area contributed by atoms with Crippen molar-refractivity contribution in [1.82, 2.24) is 19.6 Å². The Labute approximate surface area is 136 Å². The first-order chi connectivity index (χ1) is 11.8. The van der Waals surface area contributed by atoms with E-state index >= 15 is 0 Å². The number of hydrogen-bond acceptors (Lipinski definition) is 3. The average Bonchev–Trinajstić information content (AvgIpc) is 3.25. The van der Waals surface area contributed by atoms with Gasteiger partial charge in [0.05, 0.1) is 17.2 Å². The molecule has 0 bridgehead atoms. The largest absolute Gasteiger partial charge is 0.392 e. The molecule has 0 amide bonds. The van der Waals surface area contributed by atoms with Crippen molar-refractivity contribution in [1.29, 1.82) is 0 Å². The predicted molar refractivity (Wildman–Crippen MR) is 78.7 cm³/mol. The number of aromatic nitrogens is 4. The van der Waals surface area contributed by atoms with Crippen molar-refractivity contribution in [3.05, 3.63) is 56.7 Å². The third kappa shape index (κ3) is 2.53. The lowest BCUT2D eigenvalue weighted by Crippen LogP contribution is -2.23. The first-order valence-corrected chi connectivity index (χ1v) is 7.32. The van der Waals surface area contributed by atoms with Crippen LogP contribution < -0.4 is 11.2 Å². The van der Waals surface area contributed by atoms with Crippen LogP contribution in [0.4, 0.5) is 17.6 Å². The van der Waals surface area contributed by atoms with Gasteiger partial charge in [-0.1, -0.05) is 0 Å². The highest BCUT2D eigenvalue weighted by Crippen LogP contribution is 2.57. The summed E-state index contributed by atoms with van der Waals surface area (Å²) in [6.45, 7) is 0. The second-order valence-corrected chi connectivity index (χ2v) is 5.92. The first-order valence-electron chi connectivity index (χ1n) is 7.32. The molecule has 10 heteroatoms. The third-order valence-electron chi connectivity index (χ3n) is 4.30. The number of alkyl halides is 3. The maximum absolute atomic E-state index is 14.0. The van der Waals surface area contributed by atoms with Gasteiger partial charge in [0.2, 0.25) is 0 Å². The molecule has 3 aromatic heterocycles. The summed E-state index contributed by atoms with van der Waals surface area (Å²) in [4.78, 5) is 27.3. The van der Waals surface area contributed by atoms with Gasteiger partial charge in [0.1, 0.15) is 5.52 Å². The molecule has 1 aliphatic rings. The summed E-state index contributed by atoms with van der Waals surface area (Å²) >= 11 is 0. The Morgan fingerprint density at radius 2 is 2.04 bits per heavy atom. The number of halogens is 4. The van der Waals surface area contributed by atoms with Crippen LogP contribution in [0, 0.1) is 11.7 Å². The summed E-state index contributed by atoms with van der Waals surface area (Å²) in [7, 11) is 0. The third-order valence-corrected chi connectivity index (χ3v) is 4.30. The highest BCUT2D eigenvalue weighted by atomic mass is 19.4. The van der Waals surface area contributed by atoms with E-state index in [1.54, 1.807) is 0 Å². The van der Waals surface area contributed by atoms with Crippen molar-refractivity contribution in [2.24, 2.45) is 5.92 Å². The van der Waals surface area contributed by atoms with Gasteiger partial charge >= 0.3 is 11.9 Å². The zero-order chi connectivity index (χ0) is 17.9. The summed E-state index contributed by atoms with van der Waals surface area (Å²) in [5.41, 5.74) is -1.34. The molecule has 6 nitrogen and oxygen atoms in total. The molecule has 1 aliphatic carbocycles. The number of aromatic amines is 2. The van der Waals surface area contributed by atoms with Crippen LogP contribution in [-0.4, -0.2) is 25.8 Å². The fraction of sp³-hybridized carbons (Fsp3) is 0.267. The van der Waals surface area contributed by atoms with Gasteiger partial charge in [0.15, 0.2) is 5.82 Å². The molecule has 2 N–H and O–H groups in total. The first kappa shape index (κ1) is 15.6. The molecule has 0 unspecified atom stereocenters. The van der Waals surface area contributed by atoms with Gasteiger partial charge in [-0.15, -0.1) is 0 Å². The smallest absolute Gasteiger partial charge is 0.313 e. The van der Waals surface area contributed by atoms with Gasteiger partial charge in [0.25, 0.3) is 5.56 Å². The van der Waals surface area contributed by atoms with Crippen LogP contribution in [0.15, 0.2) is 34.1 Å². The van der Waals surface area contributed by atoms with Crippen LogP contribution in [0.3, 0.4) is 0 Å². The van der Waals surface area contributed by atoms with Gasteiger partial charge in [-0.25, -0.2) is 13.7 Å². The molecule has 25 heavy (non-hydrogen) atoms. The van der Waals surface area contributed by atoms with Crippen LogP contribution in [0.5, 0.6) is 0 Å². The van der Waals surface area contributed by atoms with E-state index in [0.717, 1.165) is 16.8 Å². The standard InChI is InChI=1S/C15H10F4N4O2/c16-10-1-2-23-12(10)7(6-3-9(6)15(17,18)19)4-11(22-23)8-5-20-14(25)21-13(8)24/h1-2,4-6,9H,3H2,(H2,20,21,24,25)/t6-,9+/m0/s1. The van der Waals surface area contributed by atoms with Gasteiger partial charge in [-0.05, 0) is 30.0 Å². The van der Waals surface area contributed by atoms with Crippen molar-refractivity contribution in [3.8, 4) is 11.3 Å². The molecular weight excluding hydrogens is 344 g/mol. The SMILES string of the molecule is O=c1[nH]cc(-c2cc([C@@H]3C[C@H]3C(F)(F)F)c3c(F)ccn3n2)c(=O)[nH]1. The summed E-state index contributed by atoms with van der Waals surface area (Å²) in [5, 5.41) is 4.07. The molecule has 0 radical (unpaired) electrons. The molecule has 3 heterocycles. The zero-order valence-electron chi connectivity index (χ0n) is 12.4. The van der Waals surface area contributed by atoms with Gasteiger partial charge in [0, 0.05) is 12.4 Å². The van der Waals surface area contributed by atoms with Crippen LogP contribution in [0.2, 0.25) is 0 Å². The van der Waals surface area contributed by atoms with E-state index in [1.165, 1.54) is 12.3 Å². The molecule has 0 spiro atoms. The summed E-state index contributed by atoms with van der Waals surface area (Å²) < 4.78 is 53.9. The molecule has 0 saturated heterocycles. The van der Waals surface area contributed by atoms with E-state index in [9.17, 15) is 27.2 Å². The van der Waals surface area contributed by atoms with Gasteiger partial charge < -0.3 is 4.98 Å². The van der Waals surface area contributed by atoms with Crippen LogP contribution in [0.25, 0.3) is 16.8 Å². The van der Waals surface area contributed by atoms with E-state index in [2.05, 4.69) is 10.1 Å². The number of hydrogen-bond donors (Lipinski definition) is 2. The fourth-order valence-electron chi connectivity index (χ4n) is 3.03. The maximum Gasteiger partial charge on any atom is 0.392 e. The molecule has 2 atom stereocenters. The summed E-state index contributed by atoms with van der Waals surface area (Å²) in [6.07, 6.45) is -2.13. The highest BCUT2D eigenvalue weighted by molar-refractivity contribution is 5.66. The van der Waals surface area contributed by atoms with Crippen LogP contribution in [-0.2, 0) is 0 Å². The number of fused-ring (bicyclic) bond motifs is 1. The average molecular weight is 354 g/mol. The van der Waals surface area contributed by atoms with E-state index in [4.69, 9.17) is 0 Å². The number of H-pyrrole nitrogens is 2. The van der Waals surface area contributed by atoms with Crippen molar-refractivity contribution in [2.45, 2.75) is 18.5 Å². The molecule has 4 rings (SSSR count). The maximum atomic E-state index is 14.0. The molecule has 1 fully saturated rings. The van der Waals surface area contributed by atoms with Crippen molar-refractivity contribution >= 4 is 5.52 Å². The quantitative estimate of drug-likeness (QED) is 0.692. The van der Waals surface area contributed by atoms with E-state index in [-0.39, 0.29) is 28.8 Å². The zero-order valence-corrected chi connectivity index (χ0v) is 12.4. The van der Waals surface area contributed by atoms with Gasteiger partial charge in [-0.3, -0.25) is 9.78 Å². The minimum Gasteiger partial charge on any atom is -0.313 e. The summed E-state index contributed by atoms with van der Waals surface area (Å²) in [5.74, 6) is -3.12.